The van der Waals surface area contributed by atoms with E-state index in [1.807, 2.05) is 66.7 Å². The Morgan fingerprint density at radius 2 is 0.612 bits per heavy atom. The Labute approximate surface area is 390 Å². The van der Waals surface area contributed by atoms with Crippen molar-refractivity contribution in [2.45, 2.75) is 37.5 Å². The third kappa shape index (κ3) is 6.68. The number of aromatic hydroxyl groups is 3. The van der Waals surface area contributed by atoms with Gasteiger partial charge < -0.3 is 24.8 Å². The summed E-state index contributed by atoms with van der Waals surface area (Å²) >= 11 is 0. The van der Waals surface area contributed by atoms with Crippen molar-refractivity contribution in [1.29, 1.82) is 0 Å². The van der Waals surface area contributed by atoms with Crippen molar-refractivity contribution in [3.8, 4) is 62.1 Å². The van der Waals surface area contributed by atoms with Gasteiger partial charge in [-0.1, -0.05) is 140 Å². The Morgan fingerprint density at radius 1 is 0.313 bits per heavy atom. The van der Waals surface area contributed by atoms with Gasteiger partial charge in [-0.25, -0.2) is 0 Å². The van der Waals surface area contributed by atoms with Crippen LogP contribution in [0.1, 0.15) is 89.7 Å². The lowest BCUT2D eigenvalue weighted by molar-refractivity contribution is 0.392. The van der Waals surface area contributed by atoms with E-state index in [2.05, 4.69) is 109 Å². The smallest absolute Gasteiger partial charge is 0.126 e. The van der Waals surface area contributed by atoms with Crippen molar-refractivity contribution < 1.29 is 24.8 Å². The standard InChI is InChI=1S/C62H48O5/c1-66-61-39-22-24-52-54-50-20-12-13-21-51(50)55(56(52)61)57-53(54)25-23-40(62(57)67-2)27-45-29-42(37-16-8-4-9-17-37)31-47(59(45)64)35-49-33-43(38-18-10-5-11-19-38)32-48(60(49)65)34-46-30-41(28-44(26-39)58(46)63)36-14-6-3-7-15-36/h3-25,28-33,54-55,63-65H,26-27,34-35H2,1-2H3. The van der Waals surface area contributed by atoms with Crippen molar-refractivity contribution >= 4 is 0 Å². The number of phenols is 3. The van der Waals surface area contributed by atoms with Crippen molar-refractivity contribution in [3.63, 3.8) is 0 Å². The molecular formula is C62H48O5. The fraction of sp³-hybridized carbons (Fsp3) is 0.129. The number of methoxy groups -OCH3 is 2. The fourth-order valence-corrected chi connectivity index (χ4v) is 11.5. The average molecular weight is 873 g/mol. The second-order valence-electron chi connectivity index (χ2n) is 18.3. The quantitative estimate of drug-likeness (QED) is 0.161. The molecule has 0 saturated heterocycles. The second kappa shape index (κ2) is 16.1. The van der Waals surface area contributed by atoms with E-state index in [-0.39, 0.29) is 41.9 Å². The lowest BCUT2D eigenvalue weighted by Crippen LogP contribution is -2.29. The number of fused-ring (bicyclic) bond motifs is 8. The van der Waals surface area contributed by atoms with Crippen LogP contribution < -0.4 is 9.47 Å². The number of hydrogen-bond donors (Lipinski definition) is 3. The van der Waals surface area contributed by atoms with Gasteiger partial charge in [-0.05, 0) is 137 Å². The van der Waals surface area contributed by atoms with Gasteiger partial charge >= 0.3 is 0 Å². The molecule has 0 fully saturated rings. The summed E-state index contributed by atoms with van der Waals surface area (Å²) in [5.41, 5.74) is 19.3. The molecule has 0 atom stereocenters. The lowest BCUT2D eigenvalue weighted by atomic mass is 9.60. The molecule has 67 heavy (non-hydrogen) atoms. The van der Waals surface area contributed by atoms with E-state index in [0.717, 1.165) is 78.3 Å². The molecule has 9 aromatic rings. The highest BCUT2D eigenvalue weighted by Gasteiger charge is 2.45. The maximum absolute atomic E-state index is 12.5. The number of benzene rings is 9. The Morgan fingerprint density at radius 3 is 0.940 bits per heavy atom. The molecule has 0 saturated carbocycles. The SMILES string of the molecule is COc1c2ccc3c1C1c4ccccc4C3c3ccc(c(OC)c31)Cc1cc(-c3ccccc3)cc(c1O)Cc1cc(-c3ccccc3)cc(c1O)Cc1cc(-c3ccccc3)cc(c1O)C2. The van der Waals surface area contributed by atoms with Crippen LogP contribution in [0.2, 0.25) is 0 Å². The summed E-state index contributed by atoms with van der Waals surface area (Å²) in [6.45, 7) is 0. The van der Waals surface area contributed by atoms with Crippen LogP contribution in [0.25, 0.3) is 33.4 Å². The first-order valence-electron chi connectivity index (χ1n) is 23.1. The van der Waals surface area contributed by atoms with Crippen LogP contribution in [0.15, 0.2) is 176 Å². The zero-order valence-corrected chi connectivity index (χ0v) is 37.4. The summed E-state index contributed by atoms with van der Waals surface area (Å²) in [4.78, 5) is 0. The summed E-state index contributed by atoms with van der Waals surface area (Å²) in [5, 5.41) is 37.6. The first-order chi connectivity index (χ1) is 32.9. The zero-order valence-electron chi connectivity index (χ0n) is 37.4. The molecule has 0 amide bonds. The van der Waals surface area contributed by atoms with Gasteiger partial charge in [0.1, 0.15) is 28.7 Å². The molecule has 0 heterocycles. The molecule has 0 aliphatic heterocycles. The number of rotatable bonds is 5. The van der Waals surface area contributed by atoms with E-state index in [9.17, 15) is 15.3 Å². The Bertz CT molecular complexity index is 3230. The van der Waals surface area contributed by atoms with E-state index in [1.54, 1.807) is 14.2 Å². The second-order valence-corrected chi connectivity index (χ2v) is 18.3. The van der Waals surface area contributed by atoms with Gasteiger partial charge in [0.15, 0.2) is 0 Å². The topological polar surface area (TPSA) is 79.2 Å². The lowest BCUT2D eigenvalue weighted by Gasteiger charge is -2.44. The van der Waals surface area contributed by atoms with Gasteiger partial charge in [0.25, 0.3) is 0 Å². The molecule has 0 unspecified atom stereocenters. The van der Waals surface area contributed by atoms with Crippen molar-refractivity contribution in [3.05, 3.63) is 254 Å². The highest BCUT2D eigenvalue weighted by molar-refractivity contribution is 5.77. The van der Waals surface area contributed by atoms with Crippen molar-refractivity contribution in [1.82, 2.24) is 0 Å². The Kier molecular flexibility index (Phi) is 9.76. The first kappa shape index (κ1) is 40.5. The third-order valence-corrected chi connectivity index (χ3v) is 14.5. The number of ether oxygens (including phenoxy) is 2. The van der Waals surface area contributed by atoms with Crippen LogP contribution in [-0.4, -0.2) is 29.5 Å². The normalized spacial score (nSPS) is 15.3. The maximum atomic E-state index is 12.5. The van der Waals surface area contributed by atoms with Crippen LogP contribution in [0.5, 0.6) is 28.7 Å². The third-order valence-electron chi connectivity index (χ3n) is 14.5. The summed E-state index contributed by atoms with van der Waals surface area (Å²) in [6, 6.07) is 60.6. The van der Waals surface area contributed by atoms with E-state index >= 15 is 0 Å². The Balaban J connectivity index is 1.15. The Hall–Kier alpha value is -8.02. The molecule has 5 heteroatoms. The minimum Gasteiger partial charge on any atom is -0.507 e. The van der Waals surface area contributed by atoms with E-state index < -0.39 is 0 Å². The molecule has 0 aromatic heterocycles. The molecular weight excluding hydrogens is 825 g/mol. The summed E-state index contributed by atoms with van der Waals surface area (Å²) in [6.07, 6.45) is 1.36. The molecule has 326 valence electrons. The number of hydrogen-bond acceptors (Lipinski definition) is 5. The average Bonchev–Trinajstić information content (AvgIpc) is 3.37. The van der Waals surface area contributed by atoms with E-state index in [4.69, 9.17) is 9.47 Å². The van der Waals surface area contributed by atoms with Gasteiger partial charge in [-0.15, -0.1) is 0 Å². The molecule has 12 bridgehead atoms. The molecule has 9 aromatic carbocycles. The van der Waals surface area contributed by atoms with Gasteiger partial charge in [0.2, 0.25) is 0 Å². The molecule has 4 aliphatic carbocycles. The van der Waals surface area contributed by atoms with Gasteiger partial charge in [-0.2, -0.15) is 0 Å². The first-order valence-corrected chi connectivity index (χ1v) is 23.1. The van der Waals surface area contributed by atoms with E-state index in [1.165, 1.54) is 22.3 Å². The maximum Gasteiger partial charge on any atom is 0.126 e. The minimum absolute atomic E-state index is 0.0414. The molecule has 13 rings (SSSR count). The molecule has 0 radical (unpaired) electrons. The fourth-order valence-electron chi connectivity index (χ4n) is 11.5. The molecule has 5 nitrogen and oxygen atoms in total. The zero-order chi connectivity index (χ0) is 45.3. The monoisotopic (exact) mass is 872 g/mol. The van der Waals surface area contributed by atoms with Crippen LogP contribution >= 0.6 is 0 Å². The largest absolute Gasteiger partial charge is 0.507 e. The number of phenolic OH excluding ortho intramolecular Hbond substituents is 3. The van der Waals surface area contributed by atoms with Crippen molar-refractivity contribution in [2.24, 2.45) is 0 Å². The predicted molar refractivity (Wildman–Crippen MR) is 266 cm³/mol. The van der Waals surface area contributed by atoms with Crippen LogP contribution in [0.4, 0.5) is 0 Å². The molecule has 0 spiro atoms. The van der Waals surface area contributed by atoms with Crippen molar-refractivity contribution in [2.75, 3.05) is 14.2 Å². The summed E-state index contributed by atoms with van der Waals surface area (Å²) < 4.78 is 13.1. The summed E-state index contributed by atoms with van der Waals surface area (Å²) in [5.74, 6) is 1.87. The van der Waals surface area contributed by atoms with Gasteiger partial charge in [0, 0.05) is 48.6 Å². The van der Waals surface area contributed by atoms with Crippen LogP contribution in [-0.2, 0) is 25.7 Å². The molecule has 4 aliphatic rings. The highest BCUT2D eigenvalue weighted by Crippen LogP contribution is 2.61. The predicted octanol–water partition coefficient (Wildman–Crippen LogP) is 13.5. The van der Waals surface area contributed by atoms with E-state index in [0.29, 0.717) is 35.1 Å². The highest BCUT2D eigenvalue weighted by atomic mass is 16.5. The van der Waals surface area contributed by atoms with Crippen LogP contribution in [0.3, 0.4) is 0 Å². The summed E-state index contributed by atoms with van der Waals surface area (Å²) in [7, 11) is 3.51. The van der Waals surface area contributed by atoms with Gasteiger partial charge in [-0.3, -0.25) is 0 Å². The minimum atomic E-state index is -0.187. The van der Waals surface area contributed by atoms with Crippen LogP contribution in [0, 0.1) is 0 Å². The van der Waals surface area contributed by atoms with Gasteiger partial charge in [0.05, 0.1) is 14.2 Å². The molecule has 3 N–H and O–H groups in total.